The summed E-state index contributed by atoms with van der Waals surface area (Å²) in [4.78, 5) is 39.8. The molecule has 69 heavy (non-hydrogen) atoms. The van der Waals surface area contributed by atoms with E-state index in [1.54, 1.807) is 6.08 Å². The number of phosphoric ester groups is 1. The molecule has 0 spiro atoms. The van der Waals surface area contributed by atoms with Crippen LogP contribution >= 0.6 is 7.82 Å². The van der Waals surface area contributed by atoms with Crippen molar-refractivity contribution in [2.45, 2.75) is 238 Å². The normalized spacial score (nSPS) is 14.5. The van der Waals surface area contributed by atoms with Crippen LogP contribution in [0.25, 0.3) is 0 Å². The van der Waals surface area contributed by atoms with Crippen molar-refractivity contribution in [2.24, 2.45) is 0 Å². The van der Waals surface area contributed by atoms with Gasteiger partial charge in [0.05, 0.1) is 33.8 Å². The average Bonchev–Trinajstić information content (AvgIpc) is 3.31. The highest BCUT2D eigenvalue weighted by Gasteiger charge is 2.27. The Morgan fingerprint density at radius 1 is 0.522 bits per heavy atom. The van der Waals surface area contributed by atoms with Crippen molar-refractivity contribution in [3.8, 4) is 0 Å². The van der Waals surface area contributed by atoms with Crippen LogP contribution in [0, 0.1) is 0 Å². The van der Waals surface area contributed by atoms with Gasteiger partial charge in [-0.1, -0.05) is 202 Å². The molecule has 0 aromatic carbocycles. The summed E-state index contributed by atoms with van der Waals surface area (Å²) in [6.07, 6.45) is 62.7. The average molecular weight is 985 g/mol. The minimum atomic E-state index is -4.71. The number of likely N-dealkylation sites (N-methyl/N-ethyl adjacent to an activating group) is 1. The number of hydrogen-bond donors (Lipinski definition) is 1. The summed E-state index contributed by atoms with van der Waals surface area (Å²) in [6.45, 7) is 6.64. The zero-order valence-electron chi connectivity index (χ0n) is 45.2. The van der Waals surface area contributed by atoms with Crippen LogP contribution < -0.4 is 10.2 Å². The first kappa shape index (κ1) is 66.2. The fraction of sp³-hybridized carbons (Fsp3) is 0.729. The van der Waals surface area contributed by atoms with Gasteiger partial charge in [-0.15, -0.1) is 0 Å². The largest absolute Gasteiger partial charge is 0.756 e. The third kappa shape index (κ3) is 49.9. The molecule has 0 heterocycles. The van der Waals surface area contributed by atoms with Crippen LogP contribution in [0.2, 0.25) is 0 Å². The van der Waals surface area contributed by atoms with E-state index in [9.17, 15) is 19.0 Å². The second kappa shape index (κ2) is 48.8. The number of esters is 1. The summed E-state index contributed by atoms with van der Waals surface area (Å²) >= 11 is 0. The van der Waals surface area contributed by atoms with Gasteiger partial charge in [0.15, 0.2) is 0 Å². The molecule has 10 heteroatoms. The summed E-state index contributed by atoms with van der Waals surface area (Å²) in [6, 6.07) is -0.917. The number of allylic oxidation sites excluding steroid dienone is 13. The molecule has 0 aliphatic carbocycles. The van der Waals surface area contributed by atoms with Gasteiger partial charge in [0.25, 0.3) is 7.82 Å². The van der Waals surface area contributed by atoms with Crippen molar-refractivity contribution in [3.63, 3.8) is 0 Å². The Bertz CT molecular complexity index is 1460. The Balaban J connectivity index is 5.48. The number of nitrogens with one attached hydrogen (secondary N) is 1. The molecule has 0 radical (unpaired) electrons. The summed E-state index contributed by atoms with van der Waals surface area (Å²) in [7, 11) is 1.14. The molecule has 0 bridgehead atoms. The van der Waals surface area contributed by atoms with E-state index >= 15 is 0 Å². The zero-order valence-corrected chi connectivity index (χ0v) is 46.1. The van der Waals surface area contributed by atoms with Crippen LogP contribution in [-0.2, 0) is 27.9 Å². The van der Waals surface area contributed by atoms with Gasteiger partial charge in [0.1, 0.15) is 19.3 Å². The Kier molecular flexibility index (Phi) is 46.8. The standard InChI is InChI=1S/C59H105N2O7P/c1-7-10-13-16-19-22-25-28-30-31-32-34-37-40-43-46-49-52-59(63)68-57(50-47-44-41-38-35-27-24-21-18-15-12-9-3)56(55-67-69(64,65)66-54-53-61(4,5)6)60-58(62)51-48-45-42-39-36-33-29-26-23-20-17-14-11-8-2/h11,14,19-20,22-23,28,30,32,34,40,43,47,50,56-57H,7-10,12-13,15-18,21,24-27,29,31,33,35-39,41-42,44-46,48-49,51-55H2,1-6H3,(H-,60,62,64,65)/b14-11+,22-19-,23-20+,30-28-,34-32-,43-40-,50-47+. The van der Waals surface area contributed by atoms with Crippen molar-refractivity contribution < 1.29 is 37.3 Å². The molecule has 1 N–H and O–H groups in total. The van der Waals surface area contributed by atoms with E-state index in [0.717, 1.165) is 89.9 Å². The highest BCUT2D eigenvalue weighted by molar-refractivity contribution is 7.45. The monoisotopic (exact) mass is 985 g/mol. The number of hydrogen-bond acceptors (Lipinski definition) is 7. The molecule has 0 saturated carbocycles. The Labute approximate surface area is 425 Å². The molecule has 0 aromatic heterocycles. The van der Waals surface area contributed by atoms with Gasteiger partial charge < -0.3 is 28.5 Å². The maximum Gasteiger partial charge on any atom is 0.306 e. The quantitative estimate of drug-likeness (QED) is 0.0212. The van der Waals surface area contributed by atoms with Crippen LogP contribution in [0.5, 0.6) is 0 Å². The van der Waals surface area contributed by atoms with E-state index in [4.69, 9.17) is 13.8 Å². The Morgan fingerprint density at radius 3 is 1.45 bits per heavy atom. The van der Waals surface area contributed by atoms with Crippen molar-refractivity contribution in [1.82, 2.24) is 5.32 Å². The molecule has 9 nitrogen and oxygen atoms in total. The van der Waals surface area contributed by atoms with Gasteiger partial charge in [0, 0.05) is 12.8 Å². The lowest BCUT2D eigenvalue weighted by Gasteiger charge is -2.30. The zero-order chi connectivity index (χ0) is 50.8. The lowest BCUT2D eigenvalue weighted by atomic mass is 10.0. The van der Waals surface area contributed by atoms with Crippen molar-refractivity contribution in [1.29, 1.82) is 0 Å². The van der Waals surface area contributed by atoms with Crippen molar-refractivity contribution >= 4 is 19.7 Å². The molecule has 0 fully saturated rings. The number of nitrogens with zero attached hydrogens (tertiary/aromatic N) is 1. The third-order valence-corrected chi connectivity index (χ3v) is 12.8. The minimum absolute atomic E-state index is 0.0358. The molecule has 0 aliphatic heterocycles. The number of ether oxygens (including phenoxy) is 1. The SMILES string of the molecule is CC/C=C/C/C=C/CCCCCCCCCC(=O)NC(COP(=O)([O-])OCC[N+](C)(C)C)C(/C=C/CCCCCCCCCCCC)OC(=O)CCC/C=C\C/C=C\C/C=C\C/C=C\CCCCC. The van der Waals surface area contributed by atoms with Gasteiger partial charge in [-0.2, -0.15) is 0 Å². The first-order chi connectivity index (χ1) is 33.4. The van der Waals surface area contributed by atoms with Crippen LogP contribution in [0.3, 0.4) is 0 Å². The van der Waals surface area contributed by atoms with Crippen LogP contribution in [-0.4, -0.2) is 69.4 Å². The van der Waals surface area contributed by atoms with Crippen LogP contribution in [0.1, 0.15) is 226 Å². The maximum absolute atomic E-state index is 13.4. The molecule has 1 amide bonds. The third-order valence-electron chi connectivity index (χ3n) is 11.8. The maximum atomic E-state index is 13.4. The van der Waals surface area contributed by atoms with Crippen LogP contribution in [0.4, 0.5) is 0 Å². The van der Waals surface area contributed by atoms with Gasteiger partial charge in [-0.05, 0) is 96.0 Å². The van der Waals surface area contributed by atoms with E-state index in [1.807, 2.05) is 27.2 Å². The number of quaternary nitrogens is 1. The highest BCUT2D eigenvalue weighted by Crippen LogP contribution is 2.38. The van der Waals surface area contributed by atoms with Crippen molar-refractivity contribution in [3.05, 3.63) is 85.1 Å². The summed E-state index contributed by atoms with van der Waals surface area (Å²) in [5, 5.41) is 2.99. The predicted molar refractivity (Wildman–Crippen MR) is 293 cm³/mol. The second-order valence-electron chi connectivity index (χ2n) is 19.7. The minimum Gasteiger partial charge on any atom is -0.756 e. The molecule has 3 atom stereocenters. The van der Waals surface area contributed by atoms with Gasteiger partial charge in [-0.3, -0.25) is 14.2 Å². The first-order valence-corrected chi connectivity index (χ1v) is 29.4. The van der Waals surface area contributed by atoms with Crippen LogP contribution in [0.15, 0.2) is 85.1 Å². The number of carbonyl (C=O) groups is 2. The molecular weight excluding hydrogens is 880 g/mol. The molecule has 3 unspecified atom stereocenters. The van der Waals surface area contributed by atoms with Gasteiger partial charge >= 0.3 is 5.97 Å². The molecule has 0 saturated heterocycles. The Hall–Kier alpha value is -2.81. The molecular formula is C59H105N2O7P. The smallest absolute Gasteiger partial charge is 0.306 e. The van der Waals surface area contributed by atoms with Gasteiger partial charge in [-0.25, -0.2) is 0 Å². The van der Waals surface area contributed by atoms with E-state index in [-0.39, 0.29) is 18.9 Å². The topological polar surface area (TPSA) is 114 Å². The molecule has 0 aliphatic rings. The molecule has 398 valence electrons. The fourth-order valence-electron chi connectivity index (χ4n) is 7.49. The van der Waals surface area contributed by atoms with Gasteiger partial charge in [0.2, 0.25) is 5.91 Å². The molecule has 0 aromatic rings. The van der Waals surface area contributed by atoms with E-state index in [2.05, 4.69) is 99.0 Å². The first-order valence-electron chi connectivity index (χ1n) is 27.9. The van der Waals surface area contributed by atoms with E-state index < -0.39 is 32.5 Å². The number of unbranched alkanes of at least 4 members (excludes halogenated alkanes) is 21. The molecule has 0 rings (SSSR count). The number of rotatable bonds is 49. The Morgan fingerprint density at radius 2 is 0.942 bits per heavy atom. The number of phosphoric acid groups is 1. The summed E-state index contributed by atoms with van der Waals surface area (Å²) < 4.78 is 30.1. The van der Waals surface area contributed by atoms with E-state index in [1.165, 1.54) is 96.3 Å². The lowest BCUT2D eigenvalue weighted by molar-refractivity contribution is -0.870. The number of amides is 1. The highest BCUT2D eigenvalue weighted by atomic mass is 31.2. The summed E-state index contributed by atoms with van der Waals surface area (Å²) in [5.74, 6) is -0.621. The predicted octanol–water partition coefficient (Wildman–Crippen LogP) is 16.0. The number of carbonyl (C=O) groups excluding carboxylic acids is 2. The second-order valence-corrected chi connectivity index (χ2v) is 21.1. The fourth-order valence-corrected chi connectivity index (χ4v) is 8.21. The summed E-state index contributed by atoms with van der Waals surface area (Å²) in [5.41, 5.74) is 0. The van der Waals surface area contributed by atoms with Crippen molar-refractivity contribution in [2.75, 3.05) is 40.9 Å². The lowest BCUT2D eigenvalue weighted by Crippen LogP contribution is -2.47. The van der Waals surface area contributed by atoms with E-state index in [0.29, 0.717) is 23.9 Å².